The van der Waals surface area contributed by atoms with Crippen LogP contribution in [0.4, 0.5) is 5.69 Å². The van der Waals surface area contributed by atoms with Crippen molar-refractivity contribution in [3.8, 4) is 0 Å². The number of rotatable bonds is 0. The van der Waals surface area contributed by atoms with Gasteiger partial charge >= 0.3 is 0 Å². The largest absolute Gasteiger partial charge is 0.329 e. The highest BCUT2D eigenvalue weighted by molar-refractivity contribution is 9.10. The first-order chi connectivity index (χ1) is 5.36. The molecule has 0 bridgehead atoms. The van der Waals surface area contributed by atoms with Gasteiger partial charge in [0.25, 0.3) is 0 Å². The van der Waals surface area contributed by atoms with E-state index in [1.165, 1.54) is 27.9 Å². The van der Waals surface area contributed by atoms with Crippen LogP contribution in [-0.2, 0) is 6.42 Å². The zero-order valence-corrected chi connectivity index (χ0v) is 8.33. The Morgan fingerprint density at radius 3 is 3.27 bits per heavy atom. The minimum atomic E-state index is 1.17. The van der Waals surface area contributed by atoms with Crippen LogP contribution in [0.25, 0.3) is 0 Å². The molecule has 0 atom stereocenters. The van der Waals surface area contributed by atoms with Crippen LogP contribution < -0.4 is 4.72 Å². The van der Waals surface area contributed by atoms with Crippen molar-refractivity contribution in [3.63, 3.8) is 0 Å². The molecule has 0 fully saturated rings. The Kier molecular flexibility index (Phi) is 2.09. The van der Waals surface area contributed by atoms with Crippen molar-refractivity contribution in [3.05, 3.63) is 28.2 Å². The monoisotopic (exact) mass is 229 g/mol. The van der Waals surface area contributed by atoms with Crippen LogP contribution in [0.3, 0.4) is 0 Å². The summed E-state index contributed by atoms with van der Waals surface area (Å²) in [5.74, 6) is 1.17. The fraction of sp³-hybridized carbons (Fsp3) is 0.250. The fourth-order valence-corrected chi connectivity index (χ4v) is 2.35. The maximum absolute atomic E-state index is 3.46. The molecule has 0 aromatic heterocycles. The van der Waals surface area contributed by atoms with Crippen LogP contribution in [0.2, 0.25) is 0 Å². The molecule has 1 N–H and O–H groups in total. The van der Waals surface area contributed by atoms with Crippen molar-refractivity contribution in [1.29, 1.82) is 0 Å². The van der Waals surface area contributed by atoms with E-state index in [4.69, 9.17) is 0 Å². The summed E-state index contributed by atoms with van der Waals surface area (Å²) < 4.78 is 4.46. The molecule has 0 amide bonds. The first kappa shape index (κ1) is 7.50. The maximum Gasteiger partial charge on any atom is 0.0473 e. The Hall–Kier alpha value is -0.150. The number of benzene rings is 1. The third-order valence-electron chi connectivity index (χ3n) is 1.72. The van der Waals surface area contributed by atoms with Crippen LogP contribution >= 0.6 is 27.9 Å². The summed E-state index contributed by atoms with van der Waals surface area (Å²) in [5, 5.41) is 0. The van der Waals surface area contributed by atoms with E-state index in [-0.39, 0.29) is 0 Å². The molecule has 1 aromatic rings. The average molecular weight is 230 g/mol. The molecule has 1 aromatic carbocycles. The second-order valence-electron chi connectivity index (χ2n) is 2.50. The lowest BCUT2D eigenvalue weighted by atomic mass is 10.1. The molecule has 0 saturated carbocycles. The molecule has 2 rings (SSSR count). The van der Waals surface area contributed by atoms with Crippen molar-refractivity contribution in [1.82, 2.24) is 0 Å². The molecule has 0 unspecified atom stereocenters. The van der Waals surface area contributed by atoms with Gasteiger partial charge in [0, 0.05) is 15.9 Å². The molecule has 1 heterocycles. The Labute approximate surface area is 78.8 Å². The number of fused-ring (bicyclic) bond motifs is 1. The Balaban J connectivity index is 2.43. The van der Waals surface area contributed by atoms with E-state index in [0.717, 1.165) is 0 Å². The molecule has 0 aliphatic carbocycles. The van der Waals surface area contributed by atoms with Crippen molar-refractivity contribution in [2.45, 2.75) is 6.42 Å². The number of hydrogen-bond acceptors (Lipinski definition) is 2. The highest BCUT2D eigenvalue weighted by atomic mass is 79.9. The van der Waals surface area contributed by atoms with E-state index in [1.54, 1.807) is 11.9 Å². The van der Waals surface area contributed by atoms with Gasteiger partial charge in [-0.05, 0) is 30.2 Å². The third-order valence-corrected chi connectivity index (χ3v) is 2.99. The van der Waals surface area contributed by atoms with Crippen LogP contribution in [-0.4, -0.2) is 5.75 Å². The van der Waals surface area contributed by atoms with Crippen LogP contribution in [0.5, 0.6) is 0 Å². The SMILES string of the molecule is Brc1ccc2c(c1)CCSN2. The first-order valence-corrected chi connectivity index (χ1v) is 5.30. The van der Waals surface area contributed by atoms with Gasteiger partial charge in [0.15, 0.2) is 0 Å². The zero-order valence-electron chi connectivity index (χ0n) is 5.93. The molecular weight excluding hydrogens is 222 g/mol. The fourth-order valence-electron chi connectivity index (χ4n) is 1.16. The van der Waals surface area contributed by atoms with E-state index >= 15 is 0 Å². The molecule has 58 valence electrons. The Morgan fingerprint density at radius 1 is 1.45 bits per heavy atom. The molecule has 0 spiro atoms. The number of aryl methyl sites for hydroxylation is 1. The standard InChI is InChI=1S/C8H8BrNS/c9-7-1-2-8-6(5-7)3-4-11-10-8/h1-2,5,10H,3-4H2. The van der Waals surface area contributed by atoms with Crippen LogP contribution in [0.15, 0.2) is 22.7 Å². The van der Waals surface area contributed by atoms with Gasteiger partial charge < -0.3 is 4.72 Å². The molecule has 1 nitrogen and oxygen atoms in total. The maximum atomic E-state index is 3.46. The summed E-state index contributed by atoms with van der Waals surface area (Å²) in [6, 6.07) is 6.37. The minimum Gasteiger partial charge on any atom is -0.329 e. The Morgan fingerprint density at radius 2 is 2.36 bits per heavy atom. The van der Waals surface area contributed by atoms with E-state index in [2.05, 4.69) is 38.9 Å². The normalized spacial score (nSPS) is 15.4. The van der Waals surface area contributed by atoms with E-state index in [9.17, 15) is 0 Å². The van der Waals surface area contributed by atoms with Crippen molar-refractivity contribution in [2.24, 2.45) is 0 Å². The van der Waals surface area contributed by atoms with Crippen molar-refractivity contribution < 1.29 is 0 Å². The number of anilines is 1. The van der Waals surface area contributed by atoms with Gasteiger partial charge in [0.1, 0.15) is 0 Å². The van der Waals surface area contributed by atoms with E-state index < -0.39 is 0 Å². The third kappa shape index (κ3) is 1.54. The minimum absolute atomic E-state index is 1.17. The molecule has 0 saturated heterocycles. The summed E-state index contributed by atoms with van der Waals surface area (Å²) in [5.41, 5.74) is 2.68. The number of hydrogen-bond donors (Lipinski definition) is 1. The lowest BCUT2D eigenvalue weighted by Gasteiger charge is -2.16. The van der Waals surface area contributed by atoms with Gasteiger partial charge in [0.2, 0.25) is 0 Å². The van der Waals surface area contributed by atoms with Gasteiger partial charge in [0.05, 0.1) is 0 Å². The first-order valence-electron chi connectivity index (χ1n) is 3.52. The van der Waals surface area contributed by atoms with Crippen LogP contribution in [0.1, 0.15) is 5.56 Å². The highest BCUT2D eigenvalue weighted by Gasteiger charge is 2.07. The summed E-state index contributed by atoms with van der Waals surface area (Å²) >= 11 is 5.23. The van der Waals surface area contributed by atoms with Gasteiger partial charge in [-0.15, -0.1) is 0 Å². The number of nitrogens with one attached hydrogen (secondary N) is 1. The van der Waals surface area contributed by atoms with Crippen molar-refractivity contribution in [2.75, 3.05) is 10.5 Å². The smallest absolute Gasteiger partial charge is 0.0473 e. The molecule has 0 radical (unpaired) electrons. The zero-order chi connectivity index (χ0) is 7.68. The molecule has 1 aliphatic rings. The quantitative estimate of drug-likeness (QED) is 0.687. The summed E-state index contributed by atoms with van der Waals surface area (Å²) in [6.45, 7) is 0. The second kappa shape index (κ2) is 3.07. The van der Waals surface area contributed by atoms with E-state index in [1.807, 2.05) is 0 Å². The van der Waals surface area contributed by atoms with Gasteiger partial charge in [-0.3, -0.25) is 0 Å². The highest BCUT2D eigenvalue weighted by Crippen LogP contribution is 2.28. The predicted molar refractivity (Wildman–Crippen MR) is 53.9 cm³/mol. The van der Waals surface area contributed by atoms with Crippen molar-refractivity contribution >= 4 is 33.6 Å². The molecular formula is C8H8BrNS. The molecule has 11 heavy (non-hydrogen) atoms. The summed E-state index contributed by atoms with van der Waals surface area (Å²) in [6.07, 6.45) is 1.17. The Bertz CT molecular complexity index is 275. The topological polar surface area (TPSA) is 12.0 Å². The molecule has 3 heteroatoms. The summed E-state index contributed by atoms with van der Waals surface area (Å²) in [4.78, 5) is 0. The number of halogens is 1. The van der Waals surface area contributed by atoms with E-state index in [0.29, 0.717) is 0 Å². The average Bonchev–Trinajstić information content (AvgIpc) is 2.04. The summed E-state index contributed by atoms with van der Waals surface area (Å²) in [7, 11) is 0. The lowest BCUT2D eigenvalue weighted by molar-refractivity contribution is 1.14. The van der Waals surface area contributed by atoms with Crippen LogP contribution in [0, 0.1) is 0 Å². The predicted octanol–water partition coefficient (Wildman–Crippen LogP) is 3.07. The molecule has 1 aliphatic heterocycles. The van der Waals surface area contributed by atoms with Gasteiger partial charge in [-0.1, -0.05) is 27.9 Å². The lowest BCUT2D eigenvalue weighted by Crippen LogP contribution is -2.03. The van der Waals surface area contributed by atoms with Gasteiger partial charge in [-0.2, -0.15) is 0 Å². The second-order valence-corrected chi connectivity index (χ2v) is 4.32. The van der Waals surface area contributed by atoms with Gasteiger partial charge in [-0.25, -0.2) is 0 Å².